The summed E-state index contributed by atoms with van der Waals surface area (Å²) in [6.45, 7) is 2.99. The molecule has 0 amide bonds. The Labute approximate surface area is 145 Å². The molecule has 22 heavy (non-hydrogen) atoms. The van der Waals surface area contributed by atoms with E-state index in [0.717, 1.165) is 11.3 Å². The lowest BCUT2D eigenvalue weighted by Crippen LogP contribution is -2.02. The molecule has 0 aliphatic carbocycles. The molecule has 0 aromatic heterocycles. The van der Waals surface area contributed by atoms with Crippen molar-refractivity contribution >= 4 is 40.5 Å². The van der Waals surface area contributed by atoms with E-state index in [1.807, 2.05) is 25.1 Å². The predicted molar refractivity (Wildman–Crippen MR) is 93.0 cm³/mol. The van der Waals surface area contributed by atoms with Gasteiger partial charge < -0.3 is 14.8 Å². The Morgan fingerprint density at radius 1 is 1.00 bits per heavy atom. The summed E-state index contributed by atoms with van der Waals surface area (Å²) in [6, 6.07) is 9.12. The number of halogens is 3. The molecule has 0 aliphatic rings. The molecule has 0 atom stereocenters. The Hall–Kier alpha value is -1.29. The van der Waals surface area contributed by atoms with E-state index >= 15 is 0 Å². The Morgan fingerprint density at radius 2 is 1.77 bits per heavy atom. The molecule has 6 heteroatoms. The Kier molecular flexibility index (Phi) is 6.07. The minimum Gasteiger partial charge on any atom is -0.493 e. The molecule has 2 aromatic carbocycles. The van der Waals surface area contributed by atoms with E-state index in [1.54, 1.807) is 19.2 Å². The van der Waals surface area contributed by atoms with Crippen LogP contribution in [0.5, 0.6) is 11.5 Å². The molecule has 0 aliphatic heterocycles. The molecule has 0 saturated carbocycles. The molecular weight excluding hydrogens is 345 g/mol. The number of nitrogens with one attached hydrogen (secondary N) is 1. The van der Waals surface area contributed by atoms with Gasteiger partial charge in [-0.15, -0.1) is 0 Å². The smallest absolute Gasteiger partial charge is 0.179 e. The van der Waals surface area contributed by atoms with Crippen LogP contribution < -0.4 is 14.8 Å². The summed E-state index contributed by atoms with van der Waals surface area (Å²) in [7, 11) is 1.59. The third-order valence-electron chi connectivity index (χ3n) is 2.99. The van der Waals surface area contributed by atoms with Crippen LogP contribution in [0, 0.1) is 0 Å². The van der Waals surface area contributed by atoms with E-state index in [4.69, 9.17) is 44.3 Å². The molecule has 2 rings (SSSR count). The van der Waals surface area contributed by atoms with Gasteiger partial charge in [0.25, 0.3) is 0 Å². The van der Waals surface area contributed by atoms with Gasteiger partial charge in [0.1, 0.15) is 0 Å². The first-order chi connectivity index (χ1) is 10.5. The van der Waals surface area contributed by atoms with E-state index in [2.05, 4.69) is 5.32 Å². The lowest BCUT2D eigenvalue weighted by molar-refractivity contribution is 0.311. The molecule has 0 bridgehead atoms. The maximum Gasteiger partial charge on any atom is 0.179 e. The first-order valence-corrected chi connectivity index (χ1v) is 7.86. The molecule has 0 heterocycles. The second-order valence-corrected chi connectivity index (χ2v) is 5.75. The average molecular weight is 361 g/mol. The molecule has 2 aromatic rings. The van der Waals surface area contributed by atoms with Gasteiger partial charge >= 0.3 is 0 Å². The van der Waals surface area contributed by atoms with Crippen LogP contribution in [0.15, 0.2) is 30.3 Å². The number of methoxy groups -OCH3 is 1. The fraction of sp³-hybridized carbons (Fsp3) is 0.250. The average Bonchev–Trinajstić information content (AvgIpc) is 2.50. The normalized spacial score (nSPS) is 10.4. The van der Waals surface area contributed by atoms with Crippen LogP contribution >= 0.6 is 34.8 Å². The van der Waals surface area contributed by atoms with Crippen LogP contribution in [0.3, 0.4) is 0 Å². The summed E-state index contributed by atoms with van der Waals surface area (Å²) in [6.07, 6.45) is 0. The molecule has 1 N–H and O–H groups in total. The van der Waals surface area contributed by atoms with Crippen molar-refractivity contribution in [1.29, 1.82) is 0 Å². The topological polar surface area (TPSA) is 30.5 Å². The third kappa shape index (κ3) is 4.13. The Bertz CT molecular complexity index is 662. The van der Waals surface area contributed by atoms with Crippen molar-refractivity contribution in [3.05, 3.63) is 51.0 Å². The van der Waals surface area contributed by atoms with Gasteiger partial charge in [-0.1, -0.05) is 34.8 Å². The van der Waals surface area contributed by atoms with Crippen molar-refractivity contribution in [2.45, 2.75) is 13.5 Å². The van der Waals surface area contributed by atoms with Crippen LogP contribution in [0.4, 0.5) is 5.69 Å². The molecule has 118 valence electrons. The van der Waals surface area contributed by atoms with Crippen LogP contribution in [0.1, 0.15) is 12.5 Å². The first kappa shape index (κ1) is 17.1. The molecule has 0 radical (unpaired) electrons. The Balaban J connectivity index is 2.15. The largest absolute Gasteiger partial charge is 0.493 e. The van der Waals surface area contributed by atoms with Gasteiger partial charge in [-0.3, -0.25) is 0 Å². The molecule has 3 nitrogen and oxygen atoms in total. The monoisotopic (exact) mass is 359 g/mol. The minimum absolute atomic E-state index is 0.508. The summed E-state index contributed by atoms with van der Waals surface area (Å²) < 4.78 is 10.8. The van der Waals surface area contributed by atoms with Gasteiger partial charge in [-0.25, -0.2) is 0 Å². The predicted octanol–water partition coefficient (Wildman–Crippen LogP) is 5.67. The highest BCUT2D eigenvalue weighted by Gasteiger charge is 2.11. The van der Waals surface area contributed by atoms with E-state index in [0.29, 0.717) is 39.7 Å². The Morgan fingerprint density at radius 3 is 2.41 bits per heavy atom. The van der Waals surface area contributed by atoms with Crippen molar-refractivity contribution < 1.29 is 9.47 Å². The molecule has 0 saturated heterocycles. The highest BCUT2D eigenvalue weighted by molar-refractivity contribution is 6.42. The van der Waals surface area contributed by atoms with Crippen molar-refractivity contribution in [2.24, 2.45) is 0 Å². The lowest BCUT2D eigenvalue weighted by Gasteiger charge is -2.14. The molecule has 0 fully saturated rings. The maximum absolute atomic E-state index is 6.25. The van der Waals surface area contributed by atoms with Crippen LogP contribution in [-0.4, -0.2) is 13.7 Å². The van der Waals surface area contributed by atoms with E-state index in [-0.39, 0.29) is 0 Å². The van der Waals surface area contributed by atoms with Gasteiger partial charge in [0, 0.05) is 12.2 Å². The van der Waals surface area contributed by atoms with Gasteiger partial charge in [0.15, 0.2) is 11.5 Å². The molecule has 0 spiro atoms. The van der Waals surface area contributed by atoms with E-state index < -0.39 is 0 Å². The first-order valence-electron chi connectivity index (χ1n) is 6.73. The maximum atomic E-state index is 6.25. The van der Waals surface area contributed by atoms with Gasteiger partial charge in [-0.2, -0.15) is 0 Å². The van der Waals surface area contributed by atoms with E-state index in [1.165, 1.54) is 0 Å². The summed E-state index contributed by atoms with van der Waals surface area (Å²) in [4.78, 5) is 0. The zero-order chi connectivity index (χ0) is 16.1. The zero-order valence-electron chi connectivity index (χ0n) is 12.3. The molecular formula is C16H16Cl3NO2. The molecule has 0 unspecified atom stereocenters. The summed E-state index contributed by atoms with van der Waals surface area (Å²) >= 11 is 18.1. The summed E-state index contributed by atoms with van der Waals surface area (Å²) in [5, 5.41) is 4.82. The highest BCUT2D eigenvalue weighted by Crippen LogP contribution is 2.36. The van der Waals surface area contributed by atoms with Crippen LogP contribution in [-0.2, 0) is 6.54 Å². The van der Waals surface area contributed by atoms with Gasteiger partial charge in [-0.05, 0) is 42.8 Å². The van der Waals surface area contributed by atoms with Crippen LogP contribution in [0.25, 0.3) is 0 Å². The summed E-state index contributed by atoms with van der Waals surface area (Å²) in [5.41, 5.74) is 1.84. The highest BCUT2D eigenvalue weighted by atomic mass is 35.5. The third-order valence-corrected chi connectivity index (χ3v) is 4.01. The van der Waals surface area contributed by atoms with Crippen LogP contribution in [0.2, 0.25) is 15.1 Å². The second kappa shape index (κ2) is 7.82. The SMILES string of the molecule is CCOc1c(Cl)cc(CNc2ccc(Cl)c(Cl)c2)cc1OC. The zero-order valence-corrected chi connectivity index (χ0v) is 14.5. The number of hydrogen-bond acceptors (Lipinski definition) is 3. The standard InChI is InChI=1S/C16H16Cl3NO2/c1-3-22-16-14(19)6-10(7-15(16)21-2)9-20-11-4-5-12(17)13(18)8-11/h4-8,20H,3,9H2,1-2H3. The van der Waals surface area contributed by atoms with Crippen molar-refractivity contribution in [1.82, 2.24) is 0 Å². The second-order valence-electron chi connectivity index (χ2n) is 4.52. The van der Waals surface area contributed by atoms with Crippen molar-refractivity contribution in [3.8, 4) is 11.5 Å². The number of rotatable bonds is 6. The fourth-order valence-corrected chi connectivity index (χ4v) is 2.56. The van der Waals surface area contributed by atoms with Gasteiger partial charge in [0.2, 0.25) is 0 Å². The van der Waals surface area contributed by atoms with Crippen molar-refractivity contribution in [3.63, 3.8) is 0 Å². The number of benzene rings is 2. The number of hydrogen-bond donors (Lipinski definition) is 1. The fourth-order valence-electron chi connectivity index (χ4n) is 1.97. The summed E-state index contributed by atoms with van der Waals surface area (Å²) in [5.74, 6) is 1.17. The quantitative estimate of drug-likeness (QED) is 0.720. The van der Waals surface area contributed by atoms with Gasteiger partial charge in [0.05, 0.1) is 28.8 Å². The van der Waals surface area contributed by atoms with E-state index in [9.17, 15) is 0 Å². The number of ether oxygens (including phenoxy) is 2. The lowest BCUT2D eigenvalue weighted by atomic mass is 10.2. The number of anilines is 1. The van der Waals surface area contributed by atoms with Crippen molar-refractivity contribution in [2.75, 3.05) is 19.0 Å². The minimum atomic E-state index is 0.508.